The summed E-state index contributed by atoms with van der Waals surface area (Å²) in [4.78, 5) is 17.2. The Morgan fingerprint density at radius 2 is 1.82 bits per heavy atom. The lowest BCUT2D eigenvalue weighted by Gasteiger charge is -2.36. The lowest BCUT2D eigenvalue weighted by atomic mass is 10.1. The van der Waals surface area contributed by atoms with Crippen LogP contribution in [0.3, 0.4) is 0 Å². The summed E-state index contributed by atoms with van der Waals surface area (Å²) < 4.78 is 5.65. The fraction of sp³-hybridized carbons (Fsp3) is 0.409. The van der Waals surface area contributed by atoms with Crippen LogP contribution in [0, 0.1) is 13.8 Å². The molecule has 3 rings (SSSR count). The van der Waals surface area contributed by atoms with E-state index in [0.29, 0.717) is 10.8 Å². The van der Waals surface area contributed by atoms with Crippen LogP contribution in [0.5, 0.6) is 5.75 Å². The van der Waals surface area contributed by atoms with Crippen molar-refractivity contribution >= 4 is 28.9 Å². The van der Waals surface area contributed by atoms with Crippen LogP contribution in [0.1, 0.15) is 18.1 Å². The molecule has 0 unspecified atom stereocenters. The van der Waals surface area contributed by atoms with E-state index in [0.717, 1.165) is 49.7 Å². The van der Waals surface area contributed by atoms with Gasteiger partial charge in [-0.25, -0.2) is 0 Å². The Morgan fingerprint density at radius 3 is 2.50 bits per heavy atom. The maximum atomic E-state index is 12.5. The average molecular weight is 402 g/mol. The van der Waals surface area contributed by atoms with Crippen molar-refractivity contribution in [2.75, 3.05) is 49.5 Å². The largest absolute Gasteiger partial charge is 0.484 e. The summed E-state index contributed by atoms with van der Waals surface area (Å²) in [7, 11) is 0. The highest BCUT2D eigenvalue weighted by Crippen LogP contribution is 2.30. The number of halogens is 1. The van der Waals surface area contributed by atoms with Gasteiger partial charge in [0.1, 0.15) is 5.75 Å². The third-order valence-electron chi connectivity index (χ3n) is 5.24. The number of hydrogen-bond acceptors (Lipinski definition) is 4. The molecule has 2 aromatic rings. The fourth-order valence-electron chi connectivity index (χ4n) is 3.33. The van der Waals surface area contributed by atoms with Gasteiger partial charge in [0.25, 0.3) is 5.91 Å². The minimum absolute atomic E-state index is 0.0436. The van der Waals surface area contributed by atoms with Crippen molar-refractivity contribution < 1.29 is 9.53 Å². The highest BCUT2D eigenvalue weighted by molar-refractivity contribution is 6.31. The second-order valence-corrected chi connectivity index (χ2v) is 7.60. The molecular weight excluding hydrogens is 374 g/mol. The van der Waals surface area contributed by atoms with E-state index in [2.05, 4.69) is 22.0 Å². The summed E-state index contributed by atoms with van der Waals surface area (Å²) in [5, 5.41) is 3.56. The minimum atomic E-state index is -0.200. The zero-order valence-electron chi connectivity index (χ0n) is 16.8. The first-order valence-corrected chi connectivity index (χ1v) is 10.1. The van der Waals surface area contributed by atoms with E-state index in [1.54, 1.807) is 6.07 Å². The molecule has 0 saturated carbocycles. The number of amides is 1. The maximum absolute atomic E-state index is 12.5. The highest BCUT2D eigenvalue weighted by atomic mass is 35.5. The summed E-state index contributed by atoms with van der Waals surface area (Å²) in [6, 6.07) is 11.5. The molecule has 0 aromatic heterocycles. The Hall–Kier alpha value is -2.24. The third-order valence-corrected chi connectivity index (χ3v) is 5.48. The van der Waals surface area contributed by atoms with Crippen LogP contribution in [0.4, 0.5) is 11.4 Å². The normalized spacial score (nSPS) is 14.8. The number of rotatable bonds is 6. The Balaban J connectivity index is 1.65. The van der Waals surface area contributed by atoms with Gasteiger partial charge >= 0.3 is 0 Å². The van der Waals surface area contributed by atoms with E-state index in [1.807, 2.05) is 44.2 Å². The molecule has 1 heterocycles. The summed E-state index contributed by atoms with van der Waals surface area (Å²) >= 11 is 6.18. The Bertz CT molecular complexity index is 833. The van der Waals surface area contributed by atoms with Gasteiger partial charge in [0.2, 0.25) is 0 Å². The van der Waals surface area contributed by atoms with Crippen LogP contribution in [0.15, 0.2) is 36.4 Å². The van der Waals surface area contributed by atoms with Gasteiger partial charge in [0, 0.05) is 31.2 Å². The molecule has 1 fully saturated rings. The number of ether oxygens (including phenoxy) is 1. The van der Waals surface area contributed by atoms with E-state index in [1.165, 1.54) is 5.56 Å². The molecule has 1 saturated heterocycles. The smallest absolute Gasteiger partial charge is 0.262 e. The van der Waals surface area contributed by atoms with Crippen molar-refractivity contribution in [1.82, 2.24) is 4.90 Å². The van der Waals surface area contributed by atoms with Crippen LogP contribution in [-0.2, 0) is 4.79 Å². The number of aryl methyl sites for hydroxylation is 2. The molecule has 1 amide bonds. The second kappa shape index (κ2) is 9.30. The van der Waals surface area contributed by atoms with Gasteiger partial charge in [-0.3, -0.25) is 4.79 Å². The fourth-order valence-corrected chi connectivity index (χ4v) is 3.50. The van der Waals surface area contributed by atoms with Crippen LogP contribution in [0.25, 0.3) is 0 Å². The van der Waals surface area contributed by atoms with Crippen molar-refractivity contribution in [2.45, 2.75) is 20.8 Å². The molecule has 0 radical (unpaired) electrons. The maximum Gasteiger partial charge on any atom is 0.262 e. The Morgan fingerprint density at radius 1 is 1.07 bits per heavy atom. The molecule has 6 heteroatoms. The summed E-state index contributed by atoms with van der Waals surface area (Å²) in [6.07, 6.45) is 0. The molecule has 28 heavy (non-hydrogen) atoms. The number of piperazine rings is 1. The van der Waals surface area contributed by atoms with E-state index >= 15 is 0 Å². The van der Waals surface area contributed by atoms with Crippen molar-refractivity contribution in [3.05, 3.63) is 52.5 Å². The summed E-state index contributed by atoms with van der Waals surface area (Å²) in [6.45, 7) is 11.2. The second-order valence-electron chi connectivity index (χ2n) is 7.17. The van der Waals surface area contributed by atoms with Gasteiger partial charge < -0.3 is 19.9 Å². The van der Waals surface area contributed by atoms with Crippen molar-refractivity contribution in [3.63, 3.8) is 0 Å². The number of carbonyl (C=O) groups is 1. The molecule has 5 nitrogen and oxygen atoms in total. The predicted octanol–water partition coefficient (Wildman–Crippen LogP) is 4.12. The van der Waals surface area contributed by atoms with Crippen LogP contribution >= 0.6 is 11.6 Å². The van der Waals surface area contributed by atoms with Crippen molar-refractivity contribution in [2.24, 2.45) is 0 Å². The molecule has 1 aliphatic heterocycles. The van der Waals surface area contributed by atoms with Crippen LogP contribution in [0.2, 0.25) is 5.02 Å². The summed E-state index contributed by atoms with van der Waals surface area (Å²) in [5.41, 5.74) is 4.07. The lowest BCUT2D eigenvalue weighted by molar-refractivity contribution is -0.118. The molecule has 0 aliphatic carbocycles. The first kappa shape index (κ1) is 20.5. The average Bonchev–Trinajstić information content (AvgIpc) is 2.69. The lowest BCUT2D eigenvalue weighted by Crippen LogP contribution is -2.46. The number of hydrogen-bond donors (Lipinski definition) is 1. The van der Waals surface area contributed by atoms with Gasteiger partial charge in [-0.2, -0.15) is 0 Å². The topological polar surface area (TPSA) is 44.8 Å². The van der Waals surface area contributed by atoms with Crippen LogP contribution < -0.4 is 15.0 Å². The quantitative estimate of drug-likeness (QED) is 0.790. The van der Waals surface area contributed by atoms with Gasteiger partial charge in [0.15, 0.2) is 6.61 Å². The number of likely N-dealkylation sites (N-methyl/N-ethyl adjacent to an activating group) is 1. The molecule has 0 atom stereocenters. The number of benzene rings is 2. The van der Waals surface area contributed by atoms with E-state index in [9.17, 15) is 4.79 Å². The molecule has 0 spiro atoms. The van der Waals surface area contributed by atoms with E-state index in [-0.39, 0.29) is 12.5 Å². The van der Waals surface area contributed by atoms with E-state index < -0.39 is 0 Å². The molecule has 1 aliphatic rings. The summed E-state index contributed by atoms with van der Waals surface area (Å²) in [5.74, 6) is 0.495. The van der Waals surface area contributed by atoms with Crippen molar-refractivity contribution in [1.29, 1.82) is 0 Å². The highest BCUT2D eigenvalue weighted by Gasteiger charge is 2.19. The molecular formula is C22H28ClN3O2. The third kappa shape index (κ3) is 5.18. The number of nitrogens with zero attached hydrogens (tertiary/aromatic N) is 2. The molecule has 150 valence electrons. The van der Waals surface area contributed by atoms with Gasteiger partial charge in [0.05, 0.1) is 11.4 Å². The molecule has 1 N–H and O–H groups in total. The molecule has 0 bridgehead atoms. The van der Waals surface area contributed by atoms with Crippen molar-refractivity contribution in [3.8, 4) is 5.75 Å². The van der Waals surface area contributed by atoms with Gasteiger partial charge in [-0.1, -0.05) is 24.6 Å². The Kier molecular flexibility index (Phi) is 6.81. The van der Waals surface area contributed by atoms with Gasteiger partial charge in [-0.15, -0.1) is 0 Å². The zero-order chi connectivity index (χ0) is 20.1. The molecule has 2 aromatic carbocycles. The van der Waals surface area contributed by atoms with E-state index in [4.69, 9.17) is 16.3 Å². The monoisotopic (exact) mass is 401 g/mol. The standard InChI is InChI=1S/C22H28ClN3O2/c1-4-25-9-11-26(12-10-25)21-8-6-18(23)14-20(21)24-22(27)15-28-19-7-5-16(2)17(3)13-19/h5-8,13-14H,4,9-12,15H2,1-3H3,(H,24,27). The first-order valence-electron chi connectivity index (χ1n) is 9.73. The number of nitrogens with one attached hydrogen (secondary N) is 1. The van der Waals surface area contributed by atoms with Gasteiger partial charge in [-0.05, 0) is 61.9 Å². The Labute approximate surface area is 172 Å². The SMILES string of the molecule is CCN1CCN(c2ccc(Cl)cc2NC(=O)COc2ccc(C)c(C)c2)CC1. The first-order chi connectivity index (χ1) is 13.5. The number of carbonyl (C=O) groups excluding carboxylic acids is 1. The zero-order valence-corrected chi connectivity index (χ0v) is 17.6. The van der Waals surface area contributed by atoms with Crippen LogP contribution in [-0.4, -0.2) is 50.1 Å². The number of anilines is 2. The predicted molar refractivity (Wildman–Crippen MR) is 116 cm³/mol. The minimum Gasteiger partial charge on any atom is -0.484 e.